The predicted octanol–water partition coefficient (Wildman–Crippen LogP) is 3.20. The van der Waals surface area contributed by atoms with E-state index in [0.29, 0.717) is 11.3 Å². The molecule has 0 aliphatic carbocycles. The van der Waals surface area contributed by atoms with Crippen molar-refractivity contribution in [3.05, 3.63) is 54.1 Å². The minimum absolute atomic E-state index is 0.0787. The Balaban J connectivity index is 2.20. The zero-order valence-electron chi connectivity index (χ0n) is 11.4. The third-order valence-electron chi connectivity index (χ3n) is 2.61. The maximum absolute atomic E-state index is 12.3. The van der Waals surface area contributed by atoms with Crippen LogP contribution in [0.2, 0.25) is 0 Å². The van der Waals surface area contributed by atoms with Crippen LogP contribution < -0.4 is 8.92 Å². The molecule has 2 aromatic rings. The fraction of sp³-hybridized carbons (Fsp3) is 0.143. The number of hydrogen-bond acceptors (Lipinski definition) is 5. The number of aliphatic hydroxyl groups excluding tert-OH is 1. The molecule has 0 amide bonds. The van der Waals surface area contributed by atoms with Crippen LogP contribution in [0.15, 0.2) is 48.5 Å². The number of halogens is 3. The Bertz CT molecular complexity index is 787. The van der Waals surface area contributed by atoms with Crippen LogP contribution in [0, 0.1) is 0 Å². The molecule has 0 atom stereocenters. The molecule has 0 radical (unpaired) electrons. The lowest BCUT2D eigenvalue weighted by Gasteiger charge is -2.11. The van der Waals surface area contributed by atoms with Crippen molar-refractivity contribution in [2.45, 2.75) is 12.1 Å². The standard InChI is InChI=1S/C14H11F3O5S/c15-14(16,17)23(19,20)22-13-6-2-5-12(8-13)21-11-4-1-3-10(7-11)9-18/h1-8,18H,9H2. The average Bonchev–Trinajstić information content (AvgIpc) is 2.46. The summed E-state index contributed by atoms with van der Waals surface area (Å²) < 4.78 is 68.2. The molecule has 0 saturated carbocycles. The van der Waals surface area contributed by atoms with Crippen LogP contribution in [0.1, 0.15) is 5.56 Å². The molecule has 2 rings (SSSR count). The topological polar surface area (TPSA) is 72.8 Å². The van der Waals surface area contributed by atoms with Crippen molar-refractivity contribution < 1.29 is 35.6 Å². The minimum atomic E-state index is -5.74. The summed E-state index contributed by atoms with van der Waals surface area (Å²) in [7, 11) is -5.74. The van der Waals surface area contributed by atoms with Crippen LogP contribution in [0.25, 0.3) is 0 Å². The van der Waals surface area contributed by atoms with Gasteiger partial charge in [0.15, 0.2) is 0 Å². The monoisotopic (exact) mass is 348 g/mol. The van der Waals surface area contributed by atoms with E-state index in [0.717, 1.165) is 12.1 Å². The lowest BCUT2D eigenvalue weighted by Crippen LogP contribution is -2.28. The van der Waals surface area contributed by atoms with Crippen LogP contribution in [-0.4, -0.2) is 19.0 Å². The molecule has 124 valence electrons. The van der Waals surface area contributed by atoms with E-state index in [9.17, 15) is 21.6 Å². The van der Waals surface area contributed by atoms with E-state index in [4.69, 9.17) is 9.84 Å². The molecule has 0 saturated heterocycles. The highest BCUT2D eigenvalue weighted by Gasteiger charge is 2.48. The van der Waals surface area contributed by atoms with Crippen molar-refractivity contribution in [2.75, 3.05) is 0 Å². The minimum Gasteiger partial charge on any atom is -0.457 e. The van der Waals surface area contributed by atoms with Gasteiger partial charge in [-0.05, 0) is 29.8 Å². The fourth-order valence-corrected chi connectivity index (χ4v) is 2.06. The fourth-order valence-electron chi connectivity index (χ4n) is 1.61. The van der Waals surface area contributed by atoms with Gasteiger partial charge in [0, 0.05) is 6.07 Å². The van der Waals surface area contributed by atoms with Crippen LogP contribution in [0.5, 0.6) is 17.2 Å². The Morgan fingerprint density at radius 1 is 0.957 bits per heavy atom. The number of rotatable bonds is 5. The highest BCUT2D eigenvalue weighted by molar-refractivity contribution is 7.88. The Morgan fingerprint density at radius 3 is 2.13 bits per heavy atom. The Morgan fingerprint density at radius 2 is 1.52 bits per heavy atom. The highest BCUT2D eigenvalue weighted by atomic mass is 32.2. The van der Waals surface area contributed by atoms with E-state index in [1.807, 2.05) is 0 Å². The molecule has 0 aliphatic rings. The first-order chi connectivity index (χ1) is 10.7. The van der Waals surface area contributed by atoms with Crippen molar-refractivity contribution >= 4 is 10.1 Å². The van der Waals surface area contributed by atoms with Crippen molar-refractivity contribution in [3.8, 4) is 17.2 Å². The molecule has 2 aromatic carbocycles. The highest BCUT2D eigenvalue weighted by Crippen LogP contribution is 2.30. The summed E-state index contributed by atoms with van der Waals surface area (Å²) >= 11 is 0. The van der Waals surface area contributed by atoms with E-state index in [-0.39, 0.29) is 12.4 Å². The van der Waals surface area contributed by atoms with Gasteiger partial charge in [-0.2, -0.15) is 21.6 Å². The first-order valence-corrected chi connectivity index (χ1v) is 7.60. The normalized spacial score (nSPS) is 12.0. The van der Waals surface area contributed by atoms with Crippen molar-refractivity contribution in [2.24, 2.45) is 0 Å². The quantitative estimate of drug-likeness (QED) is 0.664. The molecule has 9 heteroatoms. The molecule has 0 bridgehead atoms. The molecule has 5 nitrogen and oxygen atoms in total. The maximum atomic E-state index is 12.3. The van der Waals surface area contributed by atoms with E-state index < -0.39 is 21.4 Å². The van der Waals surface area contributed by atoms with Crippen LogP contribution >= 0.6 is 0 Å². The van der Waals surface area contributed by atoms with Crippen molar-refractivity contribution in [1.82, 2.24) is 0 Å². The summed E-state index contributed by atoms with van der Waals surface area (Å²) in [6, 6.07) is 11.1. The number of alkyl halides is 3. The van der Waals surface area contributed by atoms with Crippen molar-refractivity contribution in [1.29, 1.82) is 0 Å². The maximum Gasteiger partial charge on any atom is 0.534 e. The van der Waals surface area contributed by atoms with Gasteiger partial charge in [0.05, 0.1) is 6.61 Å². The van der Waals surface area contributed by atoms with E-state index in [1.165, 1.54) is 18.2 Å². The second kappa shape index (κ2) is 6.47. The number of benzene rings is 2. The zero-order valence-corrected chi connectivity index (χ0v) is 12.3. The molecule has 0 aliphatic heterocycles. The van der Waals surface area contributed by atoms with Gasteiger partial charge in [-0.15, -0.1) is 0 Å². The number of hydrogen-bond donors (Lipinski definition) is 1. The third kappa shape index (κ3) is 4.36. The molecule has 0 heterocycles. The van der Waals surface area contributed by atoms with Gasteiger partial charge in [-0.3, -0.25) is 0 Å². The first-order valence-electron chi connectivity index (χ1n) is 6.20. The third-order valence-corrected chi connectivity index (χ3v) is 3.59. The Labute approximate surface area is 130 Å². The molecule has 0 unspecified atom stereocenters. The molecule has 23 heavy (non-hydrogen) atoms. The van der Waals surface area contributed by atoms with E-state index in [2.05, 4.69) is 4.18 Å². The van der Waals surface area contributed by atoms with Gasteiger partial charge in [0.2, 0.25) is 0 Å². The van der Waals surface area contributed by atoms with Gasteiger partial charge < -0.3 is 14.0 Å². The van der Waals surface area contributed by atoms with E-state index in [1.54, 1.807) is 18.2 Å². The lowest BCUT2D eigenvalue weighted by atomic mass is 10.2. The molecule has 0 fully saturated rings. The van der Waals surface area contributed by atoms with Gasteiger partial charge >= 0.3 is 15.6 Å². The first kappa shape index (κ1) is 17.1. The van der Waals surface area contributed by atoms with Crippen LogP contribution in [0.3, 0.4) is 0 Å². The van der Waals surface area contributed by atoms with E-state index >= 15 is 0 Å². The molecule has 1 N–H and O–H groups in total. The second-order valence-corrected chi connectivity index (χ2v) is 5.90. The summed E-state index contributed by atoms with van der Waals surface area (Å²) in [6.07, 6.45) is 0. The summed E-state index contributed by atoms with van der Waals surface area (Å²) in [6.45, 7) is -0.204. The number of ether oxygens (including phenoxy) is 1. The molecule has 0 spiro atoms. The smallest absolute Gasteiger partial charge is 0.457 e. The average molecular weight is 348 g/mol. The second-order valence-electron chi connectivity index (χ2n) is 4.37. The van der Waals surface area contributed by atoms with Gasteiger partial charge in [0.25, 0.3) is 0 Å². The molecular weight excluding hydrogens is 337 g/mol. The van der Waals surface area contributed by atoms with Crippen LogP contribution in [0.4, 0.5) is 13.2 Å². The molecule has 0 aromatic heterocycles. The SMILES string of the molecule is O=S(=O)(Oc1cccc(Oc2cccc(CO)c2)c1)C(F)(F)F. The largest absolute Gasteiger partial charge is 0.534 e. The summed E-state index contributed by atoms with van der Waals surface area (Å²) in [5, 5.41) is 9.03. The Kier molecular flexibility index (Phi) is 4.81. The van der Waals surface area contributed by atoms with Crippen LogP contribution in [-0.2, 0) is 16.7 Å². The summed E-state index contributed by atoms with van der Waals surface area (Å²) in [5.41, 5.74) is -4.94. The van der Waals surface area contributed by atoms with Gasteiger partial charge in [-0.25, -0.2) is 0 Å². The Hall–Kier alpha value is -2.26. The van der Waals surface area contributed by atoms with Gasteiger partial charge in [0.1, 0.15) is 17.2 Å². The summed E-state index contributed by atoms with van der Waals surface area (Å²) in [5.74, 6) is -0.125. The summed E-state index contributed by atoms with van der Waals surface area (Å²) in [4.78, 5) is 0. The van der Waals surface area contributed by atoms with Gasteiger partial charge in [-0.1, -0.05) is 18.2 Å². The zero-order chi connectivity index (χ0) is 17.1. The van der Waals surface area contributed by atoms with Crippen molar-refractivity contribution in [3.63, 3.8) is 0 Å². The molecular formula is C14H11F3O5S. The number of aliphatic hydroxyl groups is 1. The predicted molar refractivity (Wildman–Crippen MR) is 74.5 cm³/mol. The lowest BCUT2D eigenvalue weighted by molar-refractivity contribution is -0.0500.